The van der Waals surface area contributed by atoms with Crippen LogP contribution in [-0.2, 0) is 16.0 Å². The number of carboxylic acids is 1. The normalized spacial score (nSPS) is 11.6. The van der Waals surface area contributed by atoms with E-state index in [0.717, 1.165) is 13.1 Å². The molecule has 1 amide bonds. The molecule has 0 aliphatic carbocycles. The summed E-state index contributed by atoms with van der Waals surface area (Å²) in [6.07, 6.45) is -2.37. The summed E-state index contributed by atoms with van der Waals surface area (Å²) < 4.78 is 45.0. The highest BCUT2D eigenvalue weighted by Crippen LogP contribution is 2.32. The Bertz CT molecular complexity index is 782. The number of carbonyl (C=O) groups excluding carboxylic acids is 1. The Morgan fingerprint density at radius 2 is 1.97 bits per heavy atom. The van der Waals surface area contributed by atoms with Crippen molar-refractivity contribution in [3.8, 4) is 5.75 Å². The monoisotopic (exact) mass is 413 g/mol. The maximum atomic E-state index is 13.2. The van der Waals surface area contributed by atoms with Crippen LogP contribution in [0.25, 0.3) is 0 Å². The van der Waals surface area contributed by atoms with Crippen molar-refractivity contribution >= 4 is 11.9 Å². The first kappa shape index (κ1) is 23.9. The summed E-state index contributed by atoms with van der Waals surface area (Å²) >= 11 is 0. The minimum Gasteiger partial charge on any atom is -0.492 e. The van der Waals surface area contributed by atoms with Crippen LogP contribution in [0.1, 0.15) is 24.1 Å². The van der Waals surface area contributed by atoms with Gasteiger partial charge in [-0.05, 0) is 23.8 Å². The van der Waals surface area contributed by atoms with Crippen LogP contribution in [0.5, 0.6) is 5.75 Å². The van der Waals surface area contributed by atoms with Crippen LogP contribution in [0.15, 0.2) is 48.8 Å². The summed E-state index contributed by atoms with van der Waals surface area (Å²) in [6.45, 7) is 1.73. The number of nitrogens with zero attached hydrogens (tertiary/aromatic N) is 1. The number of alkyl halides is 3. The number of carboxylic acid groups (broad SMARTS) is 1. The molecule has 0 spiro atoms. The maximum Gasteiger partial charge on any atom is 0.412 e. The quantitative estimate of drug-likeness (QED) is 0.643. The second-order valence-corrected chi connectivity index (χ2v) is 5.81. The van der Waals surface area contributed by atoms with Crippen LogP contribution in [0.4, 0.5) is 13.2 Å². The number of hydrogen-bond acceptors (Lipinski definition) is 5. The van der Waals surface area contributed by atoms with Crippen LogP contribution in [0, 0.1) is 0 Å². The van der Waals surface area contributed by atoms with Gasteiger partial charge in [-0.2, -0.15) is 13.2 Å². The average Bonchev–Trinajstić information content (AvgIpc) is 2.64. The Morgan fingerprint density at radius 1 is 1.28 bits per heavy atom. The van der Waals surface area contributed by atoms with E-state index in [-0.39, 0.29) is 12.0 Å². The molecule has 0 aliphatic rings. The zero-order valence-corrected chi connectivity index (χ0v) is 15.6. The highest BCUT2D eigenvalue weighted by Gasteiger charge is 2.41. The van der Waals surface area contributed by atoms with Crippen molar-refractivity contribution in [2.75, 3.05) is 13.2 Å². The summed E-state index contributed by atoms with van der Waals surface area (Å²) in [6, 6.07) is 7.14. The van der Waals surface area contributed by atoms with Gasteiger partial charge in [0.15, 0.2) is 6.04 Å². The van der Waals surface area contributed by atoms with E-state index >= 15 is 0 Å². The fourth-order valence-corrected chi connectivity index (χ4v) is 2.22. The Kier molecular flexibility index (Phi) is 9.60. The first-order valence-corrected chi connectivity index (χ1v) is 8.50. The van der Waals surface area contributed by atoms with Gasteiger partial charge >= 0.3 is 6.18 Å². The Hall–Kier alpha value is -3.14. The third kappa shape index (κ3) is 9.56. The number of rotatable bonds is 7. The molecule has 7 nitrogen and oxygen atoms in total. The molecule has 2 aromatic rings. The van der Waals surface area contributed by atoms with Gasteiger partial charge in [-0.1, -0.05) is 18.2 Å². The van der Waals surface area contributed by atoms with Crippen LogP contribution < -0.4 is 15.8 Å². The molecule has 10 heteroatoms. The number of hydrogen-bond donors (Lipinski definition) is 3. The number of halogens is 3. The lowest BCUT2D eigenvalue weighted by Crippen LogP contribution is -2.38. The standard InChI is InChI=1S/C17H18F3N3O2.C2H4O2/c18-17(19,20)16(13-4-2-7-22-11-13)23-15(24)10-12-3-1-5-14(9-12)25-8-6-21;1-2(3)4/h1-5,7,9,11,16H,6,8,10,21H2,(H,23,24);1H3,(H,3,4). The first-order valence-electron chi connectivity index (χ1n) is 8.50. The molecule has 4 N–H and O–H groups in total. The summed E-state index contributed by atoms with van der Waals surface area (Å²) in [5.74, 6) is -1.07. The van der Waals surface area contributed by atoms with Gasteiger partial charge in [-0.25, -0.2) is 0 Å². The Labute approximate surface area is 165 Å². The molecule has 1 unspecified atom stereocenters. The zero-order valence-electron chi connectivity index (χ0n) is 15.6. The van der Waals surface area contributed by atoms with E-state index in [9.17, 15) is 18.0 Å². The van der Waals surface area contributed by atoms with Gasteiger partial charge in [0, 0.05) is 31.4 Å². The Morgan fingerprint density at radius 3 is 2.52 bits per heavy atom. The molecule has 2 rings (SSSR count). The van der Waals surface area contributed by atoms with Crippen molar-refractivity contribution in [1.29, 1.82) is 0 Å². The molecule has 0 radical (unpaired) electrons. The summed E-state index contributed by atoms with van der Waals surface area (Å²) in [5, 5.41) is 9.44. The van der Waals surface area contributed by atoms with E-state index in [1.54, 1.807) is 24.3 Å². The lowest BCUT2D eigenvalue weighted by molar-refractivity contribution is -0.163. The Balaban J connectivity index is 0.000000960. The second kappa shape index (κ2) is 11.6. The number of ether oxygens (including phenoxy) is 1. The van der Waals surface area contributed by atoms with Crippen molar-refractivity contribution < 1.29 is 32.6 Å². The van der Waals surface area contributed by atoms with Gasteiger partial charge in [-0.3, -0.25) is 14.6 Å². The van der Waals surface area contributed by atoms with Crippen LogP contribution >= 0.6 is 0 Å². The molecule has 0 saturated heterocycles. The molecule has 158 valence electrons. The van der Waals surface area contributed by atoms with E-state index in [1.165, 1.54) is 18.3 Å². The summed E-state index contributed by atoms with van der Waals surface area (Å²) in [5.41, 5.74) is 5.76. The number of nitrogens with two attached hydrogens (primary N) is 1. The van der Waals surface area contributed by atoms with Gasteiger partial charge in [0.1, 0.15) is 12.4 Å². The van der Waals surface area contributed by atoms with Gasteiger partial charge in [0.2, 0.25) is 5.91 Å². The third-order valence-corrected chi connectivity index (χ3v) is 3.30. The minimum atomic E-state index is -4.62. The maximum absolute atomic E-state index is 13.2. The van der Waals surface area contributed by atoms with E-state index in [4.69, 9.17) is 20.4 Å². The molecule has 29 heavy (non-hydrogen) atoms. The molecule has 0 fully saturated rings. The van der Waals surface area contributed by atoms with Crippen molar-refractivity contribution in [2.45, 2.75) is 25.6 Å². The first-order chi connectivity index (χ1) is 13.6. The van der Waals surface area contributed by atoms with E-state index in [0.29, 0.717) is 24.5 Å². The fraction of sp³-hybridized carbons (Fsp3) is 0.316. The molecule has 1 heterocycles. The highest BCUT2D eigenvalue weighted by molar-refractivity contribution is 5.79. The number of aromatic nitrogens is 1. The number of amides is 1. The van der Waals surface area contributed by atoms with E-state index in [2.05, 4.69) is 4.98 Å². The molecule has 0 aliphatic heterocycles. The number of carbonyl (C=O) groups is 2. The van der Waals surface area contributed by atoms with Crippen molar-refractivity contribution in [3.05, 3.63) is 59.9 Å². The molecule has 0 bridgehead atoms. The number of aliphatic carboxylic acids is 1. The molecular weight excluding hydrogens is 391 g/mol. The van der Waals surface area contributed by atoms with Crippen molar-refractivity contribution in [2.24, 2.45) is 5.73 Å². The predicted octanol–water partition coefficient (Wildman–Crippen LogP) is 2.47. The molecular formula is C19H22F3N3O4. The van der Waals surface area contributed by atoms with E-state index in [1.807, 2.05) is 5.32 Å². The number of benzene rings is 1. The smallest absolute Gasteiger partial charge is 0.412 e. The lowest BCUT2D eigenvalue weighted by atomic mass is 10.1. The average molecular weight is 413 g/mol. The van der Waals surface area contributed by atoms with Crippen molar-refractivity contribution in [1.82, 2.24) is 10.3 Å². The largest absolute Gasteiger partial charge is 0.492 e. The molecule has 1 atom stereocenters. The molecule has 1 aromatic heterocycles. The summed E-state index contributed by atoms with van der Waals surface area (Å²) in [7, 11) is 0. The second-order valence-electron chi connectivity index (χ2n) is 5.81. The van der Waals surface area contributed by atoms with Crippen LogP contribution in [0.2, 0.25) is 0 Å². The number of nitrogens with one attached hydrogen (secondary N) is 1. The predicted molar refractivity (Wildman–Crippen MR) is 99.2 cm³/mol. The van der Waals surface area contributed by atoms with Gasteiger partial charge in [0.05, 0.1) is 6.42 Å². The van der Waals surface area contributed by atoms with Crippen LogP contribution in [-0.4, -0.2) is 41.3 Å². The topological polar surface area (TPSA) is 115 Å². The van der Waals surface area contributed by atoms with Gasteiger partial charge < -0.3 is 20.9 Å². The third-order valence-electron chi connectivity index (χ3n) is 3.30. The van der Waals surface area contributed by atoms with Gasteiger partial charge in [0.25, 0.3) is 5.97 Å². The van der Waals surface area contributed by atoms with Crippen molar-refractivity contribution in [3.63, 3.8) is 0 Å². The fourth-order valence-electron chi connectivity index (χ4n) is 2.22. The van der Waals surface area contributed by atoms with Gasteiger partial charge in [-0.15, -0.1) is 0 Å². The number of pyridine rings is 1. The van der Waals surface area contributed by atoms with E-state index < -0.39 is 24.1 Å². The van der Waals surface area contributed by atoms with Crippen LogP contribution in [0.3, 0.4) is 0 Å². The molecule has 1 aromatic carbocycles. The minimum absolute atomic E-state index is 0.122. The SMILES string of the molecule is CC(=O)O.NCCOc1cccc(CC(=O)NC(c2cccnc2)C(F)(F)F)c1. The molecule has 0 saturated carbocycles. The summed E-state index contributed by atoms with van der Waals surface area (Å²) in [4.78, 5) is 24.7. The zero-order chi connectivity index (χ0) is 21.9. The highest BCUT2D eigenvalue weighted by atomic mass is 19.4. The lowest BCUT2D eigenvalue weighted by Gasteiger charge is -2.21.